The average Bonchev–Trinajstić information content (AvgIpc) is 2.93. The van der Waals surface area contributed by atoms with E-state index in [0.29, 0.717) is 0 Å². The summed E-state index contributed by atoms with van der Waals surface area (Å²) in [5.74, 6) is 0. The normalized spacial score (nSPS) is 10.9. The maximum atomic E-state index is 5.97. The van der Waals surface area contributed by atoms with E-state index in [1.165, 1.54) is 12.7 Å². The lowest BCUT2D eigenvalue weighted by molar-refractivity contribution is 1.06. The quantitative estimate of drug-likeness (QED) is 0.260. The minimum atomic E-state index is 0.729. The van der Waals surface area contributed by atoms with Gasteiger partial charge in [-0.15, -0.1) is 0 Å². The lowest BCUT2D eigenvalue weighted by Gasteiger charge is -2.12. The molecule has 0 spiro atoms. The van der Waals surface area contributed by atoms with Crippen LogP contribution in [0.1, 0.15) is 0 Å². The summed E-state index contributed by atoms with van der Waals surface area (Å²) < 4.78 is 5.52. The first kappa shape index (κ1) is 15.8. The van der Waals surface area contributed by atoms with Gasteiger partial charge in [0.25, 0.3) is 0 Å². The van der Waals surface area contributed by atoms with Gasteiger partial charge >= 0.3 is 0 Å². The Morgan fingerprint density at radius 3 is 2.48 bits per heavy atom. The molecular formula is C15H8BrClI2N2. The Bertz CT molecular complexity index is 800. The zero-order chi connectivity index (χ0) is 15.0. The van der Waals surface area contributed by atoms with Crippen LogP contribution in [-0.4, -0.2) is 9.55 Å². The third kappa shape index (κ3) is 3.16. The molecule has 0 saturated carbocycles. The summed E-state index contributed by atoms with van der Waals surface area (Å²) in [5.41, 5.74) is 3.28. The van der Waals surface area contributed by atoms with Gasteiger partial charge < -0.3 is 0 Å². The van der Waals surface area contributed by atoms with Crippen molar-refractivity contribution in [3.63, 3.8) is 0 Å². The third-order valence-electron chi connectivity index (χ3n) is 3.04. The van der Waals surface area contributed by atoms with Crippen LogP contribution in [0.15, 0.2) is 53.4 Å². The first-order valence-corrected chi connectivity index (χ1v) is 9.33. The van der Waals surface area contributed by atoms with Gasteiger partial charge in [0, 0.05) is 27.9 Å². The molecule has 3 rings (SSSR count). The number of hydrogen-bond acceptors (Lipinski definition) is 1. The van der Waals surface area contributed by atoms with Crippen LogP contribution in [0.3, 0.4) is 0 Å². The van der Waals surface area contributed by atoms with Crippen molar-refractivity contribution in [2.24, 2.45) is 0 Å². The third-order valence-corrected chi connectivity index (χ3v) is 6.72. The van der Waals surface area contributed by atoms with Gasteiger partial charge in [-0.25, -0.2) is 4.98 Å². The molecule has 0 aliphatic heterocycles. The van der Waals surface area contributed by atoms with Crippen LogP contribution in [0.5, 0.6) is 0 Å². The van der Waals surface area contributed by atoms with E-state index in [1.54, 1.807) is 0 Å². The standard InChI is InChI=1S/C15H8BrClI2N2/c16-11-5-6-12(18)14(15(11)19)13-7-20-8-21(13)10-3-1-9(17)2-4-10/h1-8H. The number of halogens is 4. The Hall–Kier alpha value is -0.120. The molecule has 1 aromatic heterocycles. The van der Waals surface area contributed by atoms with Crippen LogP contribution in [0.25, 0.3) is 16.9 Å². The molecule has 3 aromatic rings. The van der Waals surface area contributed by atoms with E-state index >= 15 is 0 Å². The van der Waals surface area contributed by atoms with Gasteiger partial charge in [0.05, 0.1) is 18.2 Å². The summed E-state index contributed by atoms with van der Waals surface area (Å²) in [6, 6.07) is 11.9. The van der Waals surface area contributed by atoms with Crippen molar-refractivity contribution in [2.45, 2.75) is 0 Å². The zero-order valence-corrected chi connectivity index (χ0v) is 17.2. The van der Waals surface area contributed by atoms with Crippen molar-refractivity contribution in [1.29, 1.82) is 0 Å². The number of rotatable bonds is 2. The second-order valence-electron chi connectivity index (χ2n) is 4.34. The summed E-state index contributed by atoms with van der Waals surface area (Å²) >= 11 is 14.3. The molecule has 2 aromatic carbocycles. The number of imidazole rings is 1. The molecule has 0 radical (unpaired) electrons. The van der Waals surface area contributed by atoms with Gasteiger partial charge in [-0.05, 0) is 97.5 Å². The monoisotopic (exact) mass is 584 g/mol. The highest BCUT2D eigenvalue weighted by Crippen LogP contribution is 2.35. The molecule has 0 aliphatic carbocycles. The molecule has 0 amide bonds. The number of nitrogens with zero attached hydrogens (tertiary/aromatic N) is 2. The van der Waals surface area contributed by atoms with E-state index in [9.17, 15) is 0 Å². The van der Waals surface area contributed by atoms with Crippen molar-refractivity contribution in [2.75, 3.05) is 0 Å². The number of benzene rings is 2. The highest BCUT2D eigenvalue weighted by atomic mass is 127. The number of aromatic nitrogens is 2. The first-order chi connectivity index (χ1) is 10.1. The molecule has 0 atom stereocenters. The number of hydrogen-bond donors (Lipinski definition) is 0. The first-order valence-electron chi connectivity index (χ1n) is 6.00. The van der Waals surface area contributed by atoms with Crippen LogP contribution < -0.4 is 0 Å². The molecule has 0 aliphatic rings. The Morgan fingerprint density at radius 1 is 1.05 bits per heavy atom. The highest BCUT2D eigenvalue weighted by Gasteiger charge is 2.15. The Kier molecular flexibility index (Phi) is 4.92. The van der Waals surface area contributed by atoms with Crippen molar-refractivity contribution in [3.05, 3.63) is 65.6 Å². The molecule has 0 N–H and O–H groups in total. The smallest absolute Gasteiger partial charge is 0.0997 e. The van der Waals surface area contributed by atoms with Crippen molar-refractivity contribution in [3.8, 4) is 16.9 Å². The molecule has 0 fully saturated rings. The second kappa shape index (κ2) is 6.55. The molecular weight excluding hydrogens is 577 g/mol. The SMILES string of the molecule is Clc1ccc(-n2cncc2-c2c(I)ccc(Br)c2I)cc1. The largest absolute Gasteiger partial charge is 0.299 e. The molecule has 106 valence electrons. The predicted octanol–water partition coefficient (Wildman–Crippen LogP) is 6.16. The van der Waals surface area contributed by atoms with Gasteiger partial charge in [-0.1, -0.05) is 11.6 Å². The topological polar surface area (TPSA) is 17.8 Å². The highest BCUT2D eigenvalue weighted by molar-refractivity contribution is 14.1. The van der Waals surface area contributed by atoms with Gasteiger partial charge in [-0.2, -0.15) is 0 Å². The molecule has 0 saturated heterocycles. The molecule has 21 heavy (non-hydrogen) atoms. The van der Waals surface area contributed by atoms with Crippen LogP contribution >= 0.6 is 72.7 Å². The Balaban J connectivity index is 2.20. The van der Waals surface area contributed by atoms with Gasteiger partial charge in [0.15, 0.2) is 0 Å². The van der Waals surface area contributed by atoms with Gasteiger partial charge in [0.1, 0.15) is 0 Å². The maximum absolute atomic E-state index is 5.97. The maximum Gasteiger partial charge on any atom is 0.0997 e. The van der Waals surface area contributed by atoms with E-state index < -0.39 is 0 Å². The average molecular weight is 585 g/mol. The lowest BCUT2D eigenvalue weighted by atomic mass is 10.1. The van der Waals surface area contributed by atoms with Crippen molar-refractivity contribution in [1.82, 2.24) is 9.55 Å². The van der Waals surface area contributed by atoms with Crippen LogP contribution in [0.2, 0.25) is 5.02 Å². The molecule has 6 heteroatoms. The van der Waals surface area contributed by atoms with E-state index in [0.717, 1.165) is 20.9 Å². The summed E-state index contributed by atoms with van der Waals surface area (Å²) in [7, 11) is 0. The molecule has 1 heterocycles. The fraction of sp³-hybridized carbons (Fsp3) is 0. The van der Waals surface area contributed by atoms with E-state index in [2.05, 4.69) is 82.8 Å². The van der Waals surface area contributed by atoms with Crippen LogP contribution in [0, 0.1) is 7.14 Å². The lowest BCUT2D eigenvalue weighted by Crippen LogP contribution is -1.98. The zero-order valence-electron chi connectivity index (χ0n) is 10.5. The van der Waals surface area contributed by atoms with Crippen LogP contribution in [-0.2, 0) is 0 Å². The van der Waals surface area contributed by atoms with Crippen LogP contribution in [0.4, 0.5) is 0 Å². The molecule has 2 nitrogen and oxygen atoms in total. The minimum Gasteiger partial charge on any atom is -0.299 e. The summed E-state index contributed by atoms with van der Waals surface area (Å²) in [4.78, 5) is 4.32. The summed E-state index contributed by atoms with van der Waals surface area (Å²) in [6.07, 6.45) is 3.71. The molecule has 0 unspecified atom stereocenters. The van der Waals surface area contributed by atoms with E-state index in [1.807, 2.05) is 36.8 Å². The van der Waals surface area contributed by atoms with Crippen molar-refractivity contribution < 1.29 is 0 Å². The van der Waals surface area contributed by atoms with Gasteiger partial charge in [0.2, 0.25) is 0 Å². The summed E-state index contributed by atoms with van der Waals surface area (Å²) in [5, 5.41) is 0.729. The van der Waals surface area contributed by atoms with E-state index in [-0.39, 0.29) is 0 Å². The van der Waals surface area contributed by atoms with Gasteiger partial charge in [-0.3, -0.25) is 4.57 Å². The Morgan fingerprint density at radius 2 is 1.76 bits per heavy atom. The molecule has 0 bridgehead atoms. The fourth-order valence-corrected chi connectivity index (χ4v) is 4.49. The minimum absolute atomic E-state index is 0.729. The van der Waals surface area contributed by atoms with E-state index in [4.69, 9.17) is 11.6 Å². The second-order valence-corrected chi connectivity index (χ2v) is 7.88. The predicted molar refractivity (Wildman–Crippen MR) is 107 cm³/mol. The fourth-order valence-electron chi connectivity index (χ4n) is 2.05. The summed E-state index contributed by atoms with van der Waals surface area (Å²) in [6.45, 7) is 0. The Labute approximate surface area is 163 Å². The van der Waals surface area contributed by atoms with Crippen molar-refractivity contribution >= 4 is 72.7 Å².